The fourth-order valence-electron chi connectivity index (χ4n) is 1.78. The maximum Gasteiger partial charge on any atom is 0.338 e. The molecule has 2 rings (SSSR count). The Morgan fingerprint density at radius 3 is 2.46 bits per heavy atom. The monoisotopic (exact) mass is 395 g/mol. The first-order valence-electron chi connectivity index (χ1n) is 7.49. The molecule has 1 heterocycles. The number of nitrogens with one attached hydrogen (secondary N) is 1. The molecule has 0 aliphatic carbocycles. The molecule has 6 heteroatoms. The van der Waals surface area contributed by atoms with E-state index in [0.717, 1.165) is 15.6 Å². The van der Waals surface area contributed by atoms with E-state index in [1.807, 2.05) is 51.4 Å². The quantitative estimate of drug-likeness (QED) is 0.607. The number of halogens is 1. The molecule has 1 aromatic carbocycles. The molecule has 0 aliphatic heterocycles. The first-order chi connectivity index (χ1) is 11.3. The molecule has 0 fully saturated rings. The van der Waals surface area contributed by atoms with Gasteiger partial charge in [-0.1, -0.05) is 22.0 Å². The highest BCUT2D eigenvalue weighted by Gasteiger charge is 2.14. The van der Waals surface area contributed by atoms with Gasteiger partial charge in [-0.05, 0) is 57.0 Å². The highest BCUT2D eigenvalue weighted by molar-refractivity contribution is 9.10. The summed E-state index contributed by atoms with van der Waals surface area (Å²) < 4.78 is 10.5. The number of rotatable bonds is 4. The Balaban J connectivity index is 0.000000351. The number of hydrogen-bond donors (Lipinski definition) is 1. The third kappa shape index (κ3) is 6.58. The van der Waals surface area contributed by atoms with Gasteiger partial charge in [-0.3, -0.25) is 4.79 Å². The lowest BCUT2D eigenvalue weighted by molar-refractivity contribution is -0.138. The number of H-pyrrole nitrogens is 1. The van der Waals surface area contributed by atoms with Gasteiger partial charge in [-0.15, -0.1) is 0 Å². The molecule has 0 saturated heterocycles. The highest BCUT2D eigenvalue weighted by Crippen LogP contribution is 2.27. The summed E-state index contributed by atoms with van der Waals surface area (Å²) in [5.74, 6) is -0.301. The standard InChI is InChI=1S/C13H12BrNO2.C5H10O2/c1-2-17-13(16)12-7-10(14)3-4-11(12)9-5-6-15-8-9;1-5(2,3)7-4-6/h3-8,15H,2H2,1H3;4H,1-3H3. The van der Waals surface area contributed by atoms with Crippen LogP contribution in [0.5, 0.6) is 0 Å². The lowest BCUT2D eigenvalue weighted by Crippen LogP contribution is -2.17. The van der Waals surface area contributed by atoms with E-state index in [9.17, 15) is 9.59 Å². The molecule has 0 spiro atoms. The van der Waals surface area contributed by atoms with Crippen molar-refractivity contribution in [3.05, 3.63) is 46.7 Å². The molecule has 24 heavy (non-hydrogen) atoms. The van der Waals surface area contributed by atoms with Crippen molar-refractivity contribution in [3.8, 4) is 11.1 Å². The zero-order chi connectivity index (χ0) is 18.2. The van der Waals surface area contributed by atoms with Crippen molar-refractivity contribution in [1.82, 2.24) is 4.98 Å². The maximum atomic E-state index is 11.9. The molecular weight excluding hydrogens is 374 g/mol. The number of aromatic amines is 1. The average Bonchev–Trinajstić information content (AvgIpc) is 3.01. The van der Waals surface area contributed by atoms with Crippen LogP contribution in [0.4, 0.5) is 0 Å². The summed E-state index contributed by atoms with van der Waals surface area (Å²) in [4.78, 5) is 24.4. The Morgan fingerprint density at radius 2 is 2.00 bits per heavy atom. The molecule has 0 saturated carbocycles. The summed E-state index contributed by atoms with van der Waals surface area (Å²) in [5.41, 5.74) is 2.09. The predicted molar refractivity (Wildman–Crippen MR) is 96.8 cm³/mol. The normalized spacial score (nSPS) is 10.4. The zero-order valence-electron chi connectivity index (χ0n) is 14.3. The SMILES string of the molecule is CC(C)(C)OC=O.CCOC(=O)c1cc(Br)ccc1-c1cc[nH]c1. The lowest BCUT2D eigenvalue weighted by Gasteiger charge is -2.14. The van der Waals surface area contributed by atoms with Crippen LogP contribution in [-0.2, 0) is 14.3 Å². The van der Waals surface area contributed by atoms with Crippen molar-refractivity contribution in [2.45, 2.75) is 33.3 Å². The summed E-state index contributed by atoms with van der Waals surface area (Å²) in [5, 5.41) is 0. The minimum Gasteiger partial charge on any atom is -0.462 e. The summed E-state index contributed by atoms with van der Waals surface area (Å²) in [6.07, 6.45) is 3.68. The number of esters is 1. The van der Waals surface area contributed by atoms with Crippen molar-refractivity contribution >= 4 is 28.4 Å². The van der Waals surface area contributed by atoms with E-state index < -0.39 is 0 Å². The van der Waals surface area contributed by atoms with Crippen molar-refractivity contribution in [3.63, 3.8) is 0 Å². The number of carbonyl (C=O) groups excluding carboxylic acids is 2. The Bertz CT molecular complexity index is 660. The van der Waals surface area contributed by atoms with Gasteiger partial charge in [-0.25, -0.2) is 4.79 Å². The Kier molecular flexibility index (Phi) is 7.71. The van der Waals surface area contributed by atoms with Gasteiger partial charge in [0, 0.05) is 16.9 Å². The fourth-order valence-corrected chi connectivity index (χ4v) is 2.14. The van der Waals surface area contributed by atoms with Crippen LogP contribution in [-0.4, -0.2) is 29.6 Å². The number of hydrogen-bond acceptors (Lipinski definition) is 4. The molecule has 2 aromatic rings. The van der Waals surface area contributed by atoms with E-state index in [4.69, 9.17) is 4.74 Å². The van der Waals surface area contributed by atoms with Gasteiger partial charge >= 0.3 is 5.97 Å². The number of carbonyl (C=O) groups is 2. The van der Waals surface area contributed by atoms with Crippen LogP contribution in [0.25, 0.3) is 11.1 Å². The second kappa shape index (κ2) is 9.27. The lowest BCUT2D eigenvalue weighted by atomic mass is 10.0. The van der Waals surface area contributed by atoms with Crippen LogP contribution in [0, 0.1) is 0 Å². The Morgan fingerprint density at radius 1 is 1.29 bits per heavy atom. The minimum absolute atomic E-state index is 0.301. The number of ether oxygens (including phenoxy) is 2. The molecule has 1 aromatic heterocycles. The van der Waals surface area contributed by atoms with Crippen molar-refractivity contribution < 1.29 is 19.1 Å². The van der Waals surface area contributed by atoms with Crippen LogP contribution >= 0.6 is 15.9 Å². The number of benzene rings is 1. The molecule has 1 N–H and O–H groups in total. The van der Waals surface area contributed by atoms with Crippen LogP contribution in [0.1, 0.15) is 38.1 Å². The van der Waals surface area contributed by atoms with Gasteiger partial charge in [-0.2, -0.15) is 0 Å². The van der Waals surface area contributed by atoms with Crippen LogP contribution in [0.3, 0.4) is 0 Å². The molecule has 130 valence electrons. The van der Waals surface area contributed by atoms with E-state index in [0.29, 0.717) is 18.6 Å². The Hall–Kier alpha value is -2.08. The summed E-state index contributed by atoms with van der Waals surface area (Å²) in [6.45, 7) is 8.09. The van der Waals surface area contributed by atoms with Gasteiger partial charge in [0.2, 0.25) is 0 Å². The van der Waals surface area contributed by atoms with Crippen LogP contribution in [0.15, 0.2) is 41.1 Å². The predicted octanol–water partition coefficient (Wildman–Crippen LogP) is 4.58. The highest BCUT2D eigenvalue weighted by atomic mass is 79.9. The molecular formula is C18H22BrNO4. The molecule has 0 amide bonds. The van der Waals surface area contributed by atoms with Crippen molar-refractivity contribution in [2.75, 3.05) is 6.61 Å². The topological polar surface area (TPSA) is 68.4 Å². The third-order valence-electron chi connectivity index (χ3n) is 2.79. The van der Waals surface area contributed by atoms with E-state index in [-0.39, 0.29) is 11.6 Å². The van der Waals surface area contributed by atoms with Crippen molar-refractivity contribution in [1.29, 1.82) is 0 Å². The summed E-state index contributed by atoms with van der Waals surface area (Å²) in [6, 6.07) is 7.51. The summed E-state index contributed by atoms with van der Waals surface area (Å²) in [7, 11) is 0. The zero-order valence-corrected chi connectivity index (χ0v) is 15.8. The largest absolute Gasteiger partial charge is 0.462 e. The van der Waals surface area contributed by atoms with Gasteiger partial charge in [0.15, 0.2) is 0 Å². The van der Waals surface area contributed by atoms with Crippen LogP contribution in [0.2, 0.25) is 0 Å². The van der Waals surface area contributed by atoms with Crippen molar-refractivity contribution in [2.24, 2.45) is 0 Å². The summed E-state index contributed by atoms with van der Waals surface area (Å²) >= 11 is 3.36. The van der Waals surface area contributed by atoms with Gasteiger partial charge < -0.3 is 14.5 Å². The molecule has 5 nitrogen and oxygen atoms in total. The molecule has 0 aliphatic rings. The average molecular weight is 396 g/mol. The van der Waals surface area contributed by atoms with Gasteiger partial charge in [0.1, 0.15) is 5.60 Å². The van der Waals surface area contributed by atoms with E-state index >= 15 is 0 Å². The number of aromatic nitrogens is 1. The molecule has 0 unspecified atom stereocenters. The van der Waals surface area contributed by atoms with Gasteiger partial charge in [0.25, 0.3) is 6.47 Å². The second-order valence-electron chi connectivity index (χ2n) is 5.84. The van der Waals surface area contributed by atoms with Gasteiger partial charge in [0.05, 0.1) is 12.2 Å². The molecule has 0 radical (unpaired) electrons. The maximum absolute atomic E-state index is 11.9. The fraction of sp³-hybridized carbons (Fsp3) is 0.333. The van der Waals surface area contributed by atoms with E-state index in [1.54, 1.807) is 13.0 Å². The van der Waals surface area contributed by atoms with Crippen LogP contribution < -0.4 is 0 Å². The second-order valence-corrected chi connectivity index (χ2v) is 6.75. The first kappa shape index (κ1) is 20.0. The first-order valence-corrected chi connectivity index (χ1v) is 8.29. The third-order valence-corrected chi connectivity index (χ3v) is 3.28. The van der Waals surface area contributed by atoms with E-state index in [1.165, 1.54) is 0 Å². The Labute approximate surface area is 150 Å². The molecule has 0 bridgehead atoms. The minimum atomic E-state index is -0.318. The smallest absolute Gasteiger partial charge is 0.338 e. The molecule has 0 atom stereocenters. The van der Waals surface area contributed by atoms with E-state index in [2.05, 4.69) is 25.7 Å².